The maximum Gasteiger partial charge on any atom is 0.293 e. The van der Waals surface area contributed by atoms with E-state index < -0.39 is 5.56 Å². The summed E-state index contributed by atoms with van der Waals surface area (Å²) < 4.78 is 26.2. The van der Waals surface area contributed by atoms with Gasteiger partial charge in [0.05, 0.1) is 12.8 Å². The standard InChI is InChI=1S/C19H17FN4O3S/c1-2-26-17-9-13(10-22-24-18(25)11-21-23-19(24)28)7-8-16(17)27-12-14-5-3-4-6-15(14)20/h3-11H,2,12H2,1H3,(H,23,28)/b22-10-. The van der Waals surface area contributed by atoms with Crippen LogP contribution in [0.3, 0.4) is 0 Å². The van der Waals surface area contributed by atoms with E-state index in [0.717, 1.165) is 10.9 Å². The summed E-state index contributed by atoms with van der Waals surface area (Å²) >= 11 is 4.99. The summed E-state index contributed by atoms with van der Waals surface area (Å²) in [5, 5.41) is 10.2. The normalized spacial score (nSPS) is 10.9. The molecule has 0 fully saturated rings. The van der Waals surface area contributed by atoms with Gasteiger partial charge in [0.15, 0.2) is 11.5 Å². The van der Waals surface area contributed by atoms with E-state index in [2.05, 4.69) is 15.3 Å². The Labute approximate surface area is 165 Å². The van der Waals surface area contributed by atoms with E-state index in [4.69, 9.17) is 21.7 Å². The van der Waals surface area contributed by atoms with Crippen LogP contribution in [0.4, 0.5) is 4.39 Å². The molecule has 0 bridgehead atoms. The fraction of sp³-hybridized carbons (Fsp3) is 0.158. The molecule has 3 rings (SSSR count). The summed E-state index contributed by atoms with van der Waals surface area (Å²) in [6, 6.07) is 11.6. The predicted octanol–water partition coefficient (Wildman–Crippen LogP) is 3.30. The van der Waals surface area contributed by atoms with E-state index >= 15 is 0 Å². The van der Waals surface area contributed by atoms with Crippen molar-refractivity contribution in [1.29, 1.82) is 0 Å². The molecule has 1 N–H and O–H groups in total. The van der Waals surface area contributed by atoms with Crippen LogP contribution in [0.2, 0.25) is 0 Å². The van der Waals surface area contributed by atoms with Crippen molar-refractivity contribution in [3.05, 3.63) is 80.7 Å². The van der Waals surface area contributed by atoms with Gasteiger partial charge in [-0.05, 0) is 49.0 Å². The molecule has 0 unspecified atom stereocenters. The van der Waals surface area contributed by atoms with Gasteiger partial charge in [-0.25, -0.2) is 4.39 Å². The van der Waals surface area contributed by atoms with Crippen LogP contribution in [-0.4, -0.2) is 27.7 Å². The molecule has 0 saturated heterocycles. The topological polar surface area (TPSA) is 81.5 Å². The van der Waals surface area contributed by atoms with Crippen molar-refractivity contribution in [3.63, 3.8) is 0 Å². The number of nitrogens with one attached hydrogen (secondary N) is 1. The van der Waals surface area contributed by atoms with Gasteiger partial charge in [-0.1, -0.05) is 18.2 Å². The number of nitrogens with zero attached hydrogens (tertiary/aromatic N) is 3. The van der Waals surface area contributed by atoms with Crippen molar-refractivity contribution in [2.24, 2.45) is 5.10 Å². The number of aromatic nitrogens is 3. The number of aromatic amines is 1. The number of benzene rings is 2. The minimum absolute atomic E-state index is 0.0712. The molecule has 0 aliphatic carbocycles. The van der Waals surface area contributed by atoms with Crippen molar-refractivity contribution >= 4 is 18.4 Å². The lowest BCUT2D eigenvalue weighted by Crippen LogP contribution is -2.18. The molecule has 1 aromatic heterocycles. The number of rotatable bonds is 7. The van der Waals surface area contributed by atoms with E-state index in [0.29, 0.717) is 29.2 Å². The summed E-state index contributed by atoms with van der Waals surface area (Å²) in [5.74, 6) is 0.624. The average Bonchev–Trinajstić information content (AvgIpc) is 2.68. The quantitative estimate of drug-likeness (QED) is 0.486. The molecular weight excluding hydrogens is 383 g/mol. The van der Waals surface area contributed by atoms with Gasteiger partial charge in [-0.3, -0.25) is 9.89 Å². The second-order valence-corrected chi connectivity index (χ2v) is 5.98. The molecule has 0 radical (unpaired) electrons. The molecule has 2 aromatic carbocycles. The van der Waals surface area contributed by atoms with Crippen LogP contribution in [-0.2, 0) is 6.61 Å². The van der Waals surface area contributed by atoms with Crippen LogP contribution in [0.5, 0.6) is 11.5 Å². The highest BCUT2D eigenvalue weighted by Crippen LogP contribution is 2.29. The molecule has 0 saturated carbocycles. The highest BCUT2D eigenvalue weighted by atomic mass is 32.1. The van der Waals surface area contributed by atoms with Gasteiger partial charge in [0.1, 0.15) is 18.6 Å². The maximum atomic E-state index is 13.8. The lowest BCUT2D eigenvalue weighted by molar-refractivity contribution is 0.266. The van der Waals surface area contributed by atoms with Crippen LogP contribution in [0.25, 0.3) is 0 Å². The van der Waals surface area contributed by atoms with E-state index in [1.165, 1.54) is 12.3 Å². The Hall–Kier alpha value is -3.33. The Morgan fingerprint density at radius 3 is 2.82 bits per heavy atom. The molecule has 0 atom stereocenters. The number of hydrogen-bond donors (Lipinski definition) is 1. The first kappa shape index (κ1) is 19.4. The zero-order chi connectivity index (χ0) is 19.9. The minimum Gasteiger partial charge on any atom is -0.490 e. The van der Waals surface area contributed by atoms with Gasteiger partial charge in [0, 0.05) is 5.56 Å². The highest BCUT2D eigenvalue weighted by molar-refractivity contribution is 7.71. The van der Waals surface area contributed by atoms with Crippen LogP contribution < -0.4 is 15.0 Å². The Bertz CT molecular complexity index is 1080. The number of H-pyrrole nitrogens is 1. The smallest absolute Gasteiger partial charge is 0.293 e. The van der Waals surface area contributed by atoms with Crippen molar-refractivity contribution < 1.29 is 13.9 Å². The molecule has 9 heteroatoms. The molecule has 1 heterocycles. The third-order valence-corrected chi connectivity index (χ3v) is 3.93. The third kappa shape index (κ3) is 4.68. The Morgan fingerprint density at radius 1 is 1.25 bits per heavy atom. The second kappa shape index (κ2) is 9.05. The summed E-state index contributed by atoms with van der Waals surface area (Å²) in [5.41, 5.74) is 0.663. The number of halogens is 1. The van der Waals surface area contributed by atoms with E-state index in [1.54, 1.807) is 36.4 Å². The van der Waals surface area contributed by atoms with Gasteiger partial charge in [-0.15, -0.1) is 0 Å². The molecule has 3 aromatic rings. The van der Waals surface area contributed by atoms with E-state index in [9.17, 15) is 9.18 Å². The predicted molar refractivity (Wildman–Crippen MR) is 105 cm³/mol. The number of ether oxygens (including phenoxy) is 2. The largest absolute Gasteiger partial charge is 0.490 e. The lowest BCUT2D eigenvalue weighted by Gasteiger charge is -2.13. The lowest BCUT2D eigenvalue weighted by atomic mass is 10.2. The highest BCUT2D eigenvalue weighted by Gasteiger charge is 2.08. The monoisotopic (exact) mass is 400 g/mol. The summed E-state index contributed by atoms with van der Waals surface area (Å²) in [6.07, 6.45) is 2.55. The SMILES string of the molecule is CCOc1cc(/C=N\n2c(=O)cn[nH]c2=S)ccc1OCc1ccccc1F. The second-order valence-electron chi connectivity index (χ2n) is 5.59. The Morgan fingerprint density at radius 2 is 2.07 bits per heavy atom. The van der Waals surface area contributed by atoms with Crippen molar-refractivity contribution in [2.75, 3.05) is 6.61 Å². The fourth-order valence-corrected chi connectivity index (χ4v) is 2.53. The van der Waals surface area contributed by atoms with Gasteiger partial charge in [0.25, 0.3) is 5.56 Å². The molecular formula is C19H17FN4O3S. The fourth-order valence-electron chi connectivity index (χ4n) is 2.34. The van der Waals surface area contributed by atoms with E-state index in [-0.39, 0.29) is 17.2 Å². The summed E-state index contributed by atoms with van der Waals surface area (Å²) in [7, 11) is 0. The van der Waals surface area contributed by atoms with Gasteiger partial charge in [0.2, 0.25) is 4.77 Å². The zero-order valence-electron chi connectivity index (χ0n) is 15.0. The van der Waals surface area contributed by atoms with Crippen molar-refractivity contribution in [1.82, 2.24) is 14.9 Å². The van der Waals surface area contributed by atoms with Crippen LogP contribution in [0, 0.1) is 10.6 Å². The number of hydrogen-bond acceptors (Lipinski definition) is 6. The molecule has 0 amide bonds. The van der Waals surface area contributed by atoms with E-state index in [1.807, 2.05) is 6.92 Å². The van der Waals surface area contributed by atoms with Crippen LogP contribution in [0.1, 0.15) is 18.1 Å². The Balaban J connectivity index is 1.82. The summed E-state index contributed by atoms with van der Waals surface area (Å²) in [4.78, 5) is 11.8. The first-order chi connectivity index (χ1) is 13.6. The molecule has 0 aliphatic rings. The molecule has 7 nitrogen and oxygen atoms in total. The Kier molecular flexibility index (Phi) is 6.28. The van der Waals surface area contributed by atoms with Gasteiger partial charge < -0.3 is 9.47 Å². The molecule has 28 heavy (non-hydrogen) atoms. The van der Waals surface area contributed by atoms with Crippen molar-refractivity contribution in [2.45, 2.75) is 13.5 Å². The molecule has 0 aliphatic heterocycles. The first-order valence-electron chi connectivity index (χ1n) is 8.42. The minimum atomic E-state index is -0.449. The molecule has 0 spiro atoms. The third-order valence-electron chi connectivity index (χ3n) is 3.67. The van der Waals surface area contributed by atoms with Gasteiger partial charge >= 0.3 is 0 Å². The maximum absolute atomic E-state index is 13.8. The molecule has 144 valence electrons. The zero-order valence-corrected chi connectivity index (χ0v) is 15.8. The van der Waals surface area contributed by atoms with Gasteiger partial charge in [-0.2, -0.15) is 14.9 Å². The van der Waals surface area contributed by atoms with Crippen LogP contribution >= 0.6 is 12.2 Å². The average molecular weight is 400 g/mol. The first-order valence-corrected chi connectivity index (χ1v) is 8.83. The van der Waals surface area contributed by atoms with Crippen LogP contribution in [0.15, 0.2) is 58.6 Å². The summed E-state index contributed by atoms with van der Waals surface area (Å²) in [6.45, 7) is 2.34. The van der Waals surface area contributed by atoms with Crippen molar-refractivity contribution in [3.8, 4) is 11.5 Å².